The van der Waals surface area contributed by atoms with Gasteiger partial charge in [0.25, 0.3) is 0 Å². The van der Waals surface area contributed by atoms with Crippen LogP contribution in [0, 0.1) is 0 Å². The van der Waals surface area contributed by atoms with Crippen LogP contribution in [0.15, 0.2) is 30.3 Å². The summed E-state index contributed by atoms with van der Waals surface area (Å²) < 4.78 is 12.8. The van der Waals surface area contributed by atoms with Crippen LogP contribution in [0.2, 0.25) is 0 Å². The van der Waals surface area contributed by atoms with Gasteiger partial charge in [0.1, 0.15) is 6.17 Å². The molecule has 0 atom stereocenters. The highest BCUT2D eigenvalue weighted by molar-refractivity contribution is 5.46. The molecule has 0 amide bonds. The second kappa shape index (κ2) is 4.65. The zero-order valence-corrected chi connectivity index (χ0v) is 10.1. The molecule has 1 saturated heterocycles. The van der Waals surface area contributed by atoms with Gasteiger partial charge in [-0.15, -0.1) is 0 Å². The second-order valence-electron chi connectivity index (χ2n) is 5.08. The summed E-state index contributed by atoms with van der Waals surface area (Å²) >= 11 is 0. The Balaban J connectivity index is 1.54. The molecule has 92 valence electrons. The molecule has 0 unspecified atom stereocenters. The Bertz CT molecular complexity index is 354. The summed E-state index contributed by atoms with van der Waals surface area (Å²) in [6, 6.07) is 11.1. The van der Waals surface area contributed by atoms with E-state index in [1.54, 1.807) is 0 Å². The van der Waals surface area contributed by atoms with Crippen molar-refractivity contribution in [2.24, 2.45) is 0 Å². The maximum atomic E-state index is 12.8. The van der Waals surface area contributed by atoms with E-state index in [4.69, 9.17) is 0 Å². The van der Waals surface area contributed by atoms with Crippen molar-refractivity contribution in [1.82, 2.24) is 4.90 Å². The molecular formula is C14H19FN2. The van der Waals surface area contributed by atoms with Gasteiger partial charge in [-0.25, -0.2) is 4.39 Å². The van der Waals surface area contributed by atoms with Crippen molar-refractivity contribution in [2.45, 2.75) is 25.1 Å². The van der Waals surface area contributed by atoms with Crippen LogP contribution in [-0.2, 0) is 0 Å². The average molecular weight is 234 g/mol. The molecule has 1 saturated carbocycles. The van der Waals surface area contributed by atoms with E-state index in [1.165, 1.54) is 5.69 Å². The number of alkyl halides is 1. The Labute approximate surface area is 102 Å². The Morgan fingerprint density at radius 3 is 2.18 bits per heavy atom. The van der Waals surface area contributed by atoms with E-state index in [-0.39, 0.29) is 0 Å². The summed E-state index contributed by atoms with van der Waals surface area (Å²) in [5.74, 6) is 0. The lowest BCUT2D eigenvalue weighted by molar-refractivity contribution is 0.0504. The van der Waals surface area contributed by atoms with Crippen LogP contribution >= 0.6 is 0 Å². The first kappa shape index (κ1) is 11.0. The second-order valence-corrected chi connectivity index (χ2v) is 5.08. The summed E-state index contributed by atoms with van der Waals surface area (Å²) in [7, 11) is 0. The van der Waals surface area contributed by atoms with Gasteiger partial charge in [0, 0.05) is 37.9 Å². The minimum atomic E-state index is -0.535. The molecule has 1 aromatic rings. The number of hydrogen-bond acceptors (Lipinski definition) is 2. The Morgan fingerprint density at radius 1 is 0.941 bits per heavy atom. The summed E-state index contributed by atoms with van der Waals surface area (Å²) in [6.07, 6.45) is 0.976. The van der Waals surface area contributed by atoms with Gasteiger partial charge in [-0.1, -0.05) is 18.2 Å². The molecule has 17 heavy (non-hydrogen) atoms. The molecule has 1 aliphatic carbocycles. The van der Waals surface area contributed by atoms with Crippen LogP contribution in [0.5, 0.6) is 0 Å². The highest BCUT2D eigenvalue weighted by Gasteiger charge is 2.34. The van der Waals surface area contributed by atoms with Crippen LogP contribution in [0.1, 0.15) is 12.8 Å². The van der Waals surface area contributed by atoms with E-state index < -0.39 is 6.17 Å². The maximum Gasteiger partial charge on any atom is 0.103 e. The summed E-state index contributed by atoms with van der Waals surface area (Å²) in [6.45, 7) is 4.29. The minimum absolute atomic E-state index is 0.517. The van der Waals surface area contributed by atoms with Gasteiger partial charge in [-0.05, 0) is 25.0 Å². The fraction of sp³-hybridized carbons (Fsp3) is 0.571. The first-order valence-corrected chi connectivity index (χ1v) is 6.51. The van der Waals surface area contributed by atoms with Crippen molar-refractivity contribution in [2.75, 3.05) is 31.1 Å². The molecule has 3 heteroatoms. The average Bonchev–Trinajstić information content (AvgIpc) is 2.36. The molecule has 2 nitrogen and oxygen atoms in total. The number of para-hydroxylation sites is 1. The fourth-order valence-electron chi connectivity index (χ4n) is 2.80. The molecule has 0 spiro atoms. The van der Waals surface area contributed by atoms with Gasteiger partial charge in [0.2, 0.25) is 0 Å². The lowest BCUT2D eigenvalue weighted by Gasteiger charge is -2.44. The molecular weight excluding hydrogens is 215 g/mol. The number of piperazine rings is 1. The third kappa shape index (κ3) is 2.29. The van der Waals surface area contributed by atoms with Crippen LogP contribution in [0.25, 0.3) is 0 Å². The molecule has 2 aliphatic rings. The number of hydrogen-bond donors (Lipinski definition) is 0. The first-order valence-electron chi connectivity index (χ1n) is 6.51. The van der Waals surface area contributed by atoms with Gasteiger partial charge < -0.3 is 4.90 Å². The maximum absolute atomic E-state index is 12.8. The first-order chi connectivity index (χ1) is 8.33. The van der Waals surface area contributed by atoms with Gasteiger partial charge in [-0.3, -0.25) is 4.90 Å². The molecule has 0 aromatic heterocycles. The molecule has 1 aliphatic heterocycles. The smallest absolute Gasteiger partial charge is 0.103 e. The molecule has 2 fully saturated rings. The molecule has 0 bridgehead atoms. The number of benzene rings is 1. The zero-order valence-electron chi connectivity index (χ0n) is 10.1. The Kier molecular flexibility index (Phi) is 3.02. The van der Waals surface area contributed by atoms with Crippen LogP contribution < -0.4 is 4.90 Å². The number of anilines is 1. The topological polar surface area (TPSA) is 6.48 Å². The summed E-state index contributed by atoms with van der Waals surface area (Å²) in [5.41, 5.74) is 1.31. The van der Waals surface area contributed by atoms with E-state index in [2.05, 4.69) is 40.1 Å². The SMILES string of the molecule is FC1CC(N2CCN(c3ccccc3)CC2)C1. The van der Waals surface area contributed by atoms with Crippen molar-refractivity contribution >= 4 is 5.69 Å². The Morgan fingerprint density at radius 2 is 1.59 bits per heavy atom. The van der Waals surface area contributed by atoms with Gasteiger partial charge in [0.05, 0.1) is 0 Å². The molecule has 1 aromatic carbocycles. The Hall–Kier alpha value is -1.09. The lowest BCUT2D eigenvalue weighted by Crippen LogP contribution is -2.54. The van der Waals surface area contributed by atoms with E-state index in [0.29, 0.717) is 6.04 Å². The molecule has 3 rings (SSSR count). The standard InChI is InChI=1S/C14H19FN2/c15-12-10-14(11-12)17-8-6-16(7-9-17)13-4-2-1-3-5-13/h1-5,12,14H,6-11H2. The largest absolute Gasteiger partial charge is 0.369 e. The number of rotatable bonds is 2. The highest BCUT2D eigenvalue weighted by atomic mass is 19.1. The van der Waals surface area contributed by atoms with Crippen molar-refractivity contribution < 1.29 is 4.39 Å². The normalized spacial score (nSPS) is 30.1. The van der Waals surface area contributed by atoms with E-state index >= 15 is 0 Å². The zero-order chi connectivity index (χ0) is 11.7. The number of halogens is 1. The van der Waals surface area contributed by atoms with Crippen molar-refractivity contribution in [3.63, 3.8) is 0 Å². The van der Waals surface area contributed by atoms with Gasteiger partial charge >= 0.3 is 0 Å². The van der Waals surface area contributed by atoms with E-state index in [9.17, 15) is 4.39 Å². The quantitative estimate of drug-likeness (QED) is 0.775. The highest BCUT2D eigenvalue weighted by Crippen LogP contribution is 2.29. The lowest BCUT2D eigenvalue weighted by atomic mass is 9.89. The fourth-order valence-corrected chi connectivity index (χ4v) is 2.80. The molecule has 0 radical (unpaired) electrons. The summed E-state index contributed by atoms with van der Waals surface area (Å²) in [4.78, 5) is 4.87. The molecule has 0 N–H and O–H groups in total. The van der Waals surface area contributed by atoms with E-state index in [0.717, 1.165) is 39.0 Å². The van der Waals surface area contributed by atoms with E-state index in [1.807, 2.05) is 0 Å². The van der Waals surface area contributed by atoms with Crippen molar-refractivity contribution in [1.29, 1.82) is 0 Å². The van der Waals surface area contributed by atoms with Crippen LogP contribution in [0.4, 0.5) is 10.1 Å². The van der Waals surface area contributed by atoms with Crippen molar-refractivity contribution in [3.05, 3.63) is 30.3 Å². The molecule has 1 heterocycles. The summed E-state index contributed by atoms with van der Waals surface area (Å²) in [5, 5.41) is 0. The third-order valence-corrected chi connectivity index (χ3v) is 4.01. The van der Waals surface area contributed by atoms with Crippen LogP contribution in [-0.4, -0.2) is 43.3 Å². The monoisotopic (exact) mass is 234 g/mol. The van der Waals surface area contributed by atoms with Crippen molar-refractivity contribution in [3.8, 4) is 0 Å². The van der Waals surface area contributed by atoms with Gasteiger partial charge in [-0.2, -0.15) is 0 Å². The van der Waals surface area contributed by atoms with Gasteiger partial charge in [0.15, 0.2) is 0 Å². The number of nitrogens with zero attached hydrogens (tertiary/aromatic N) is 2. The third-order valence-electron chi connectivity index (χ3n) is 4.01. The predicted molar refractivity (Wildman–Crippen MR) is 68.1 cm³/mol. The minimum Gasteiger partial charge on any atom is -0.369 e. The van der Waals surface area contributed by atoms with Crippen LogP contribution in [0.3, 0.4) is 0 Å². The predicted octanol–water partition coefficient (Wildman–Crippen LogP) is 2.31.